The van der Waals surface area contributed by atoms with Gasteiger partial charge in [-0.05, 0) is 44.6 Å². The van der Waals surface area contributed by atoms with E-state index in [1.807, 2.05) is 12.1 Å². The van der Waals surface area contributed by atoms with Gasteiger partial charge < -0.3 is 14.1 Å². The fraction of sp³-hybridized carbons (Fsp3) is 0.538. The molecule has 1 fully saturated rings. The number of anilines is 1. The molecule has 6 nitrogen and oxygen atoms in total. The molecule has 10 heteroatoms. The van der Waals surface area contributed by atoms with E-state index in [4.69, 9.17) is 19.2 Å². The summed E-state index contributed by atoms with van der Waals surface area (Å²) in [6.45, 7) is 15.4. The van der Waals surface area contributed by atoms with E-state index in [0.29, 0.717) is 36.7 Å². The van der Waals surface area contributed by atoms with Crippen LogP contribution in [0.4, 0.5) is 19.0 Å². The van der Waals surface area contributed by atoms with E-state index in [9.17, 15) is 13.2 Å². The van der Waals surface area contributed by atoms with Crippen molar-refractivity contribution in [2.75, 3.05) is 31.2 Å². The monoisotopic (exact) mass is 520 g/mol. The lowest BCUT2D eigenvalue weighted by molar-refractivity contribution is -0.138. The molecule has 0 N–H and O–H groups in total. The summed E-state index contributed by atoms with van der Waals surface area (Å²) in [5.41, 5.74) is 2.32. The molecule has 0 radical (unpaired) electrons. The summed E-state index contributed by atoms with van der Waals surface area (Å²) in [6.07, 6.45) is -4.14. The van der Waals surface area contributed by atoms with E-state index in [1.54, 1.807) is 10.6 Å². The number of imidazole rings is 1. The van der Waals surface area contributed by atoms with Crippen molar-refractivity contribution < 1.29 is 22.3 Å². The molecule has 197 valence electrons. The summed E-state index contributed by atoms with van der Waals surface area (Å²) in [5, 5.41) is 4.89. The van der Waals surface area contributed by atoms with Gasteiger partial charge in [-0.15, -0.1) is 23.2 Å². The van der Waals surface area contributed by atoms with Gasteiger partial charge in [0.25, 0.3) is 0 Å². The molecule has 0 atom stereocenters. The Morgan fingerprint density at radius 2 is 1.75 bits per heavy atom. The summed E-state index contributed by atoms with van der Waals surface area (Å²) >= 11 is 0. The second kappa shape index (κ2) is 9.79. The van der Waals surface area contributed by atoms with Gasteiger partial charge >= 0.3 is 6.18 Å². The summed E-state index contributed by atoms with van der Waals surface area (Å²) in [5.74, 6) is 0.794. The normalized spacial score (nSPS) is 15.6. The number of hydrogen-bond donors (Lipinski definition) is 0. The number of rotatable bonds is 6. The first-order valence-electron chi connectivity index (χ1n) is 12.3. The van der Waals surface area contributed by atoms with Crippen LogP contribution in [0, 0.1) is 6.92 Å². The lowest BCUT2D eigenvalue weighted by Gasteiger charge is -2.48. The number of fused-ring (bicyclic) bond motifs is 1. The molecule has 0 amide bonds. The molecule has 4 rings (SSSR count). The third-order valence-corrected chi connectivity index (χ3v) is 11.9. The van der Waals surface area contributed by atoms with Crippen LogP contribution in [0.25, 0.3) is 5.65 Å². The maximum atomic E-state index is 13.6. The Labute approximate surface area is 211 Å². The standard InChI is InChI=1S/C26H35F3N4O2Si/c1-18-19(8-7-9-20(18)26(27,28)29)16-22-21(17-35-36(5,6)25(2,3)4)30-23-10-11-24(31-33(22)23)32-12-14-34-15-13-32/h7-11H,12-17H2,1-6H3/q-1. The summed E-state index contributed by atoms with van der Waals surface area (Å²) in [4.78, 5) is 6.96. The van der Waals surface area contributed by atoms with E-state index in [-0.39, 0.29) is 17.0 Å². The molecule has 3 heterocycles. The third kappa shape index (κ3) is 5.45. The van der Waals surface area contributed by atoms with Gasteiger partial charge in [-0.25, -0.2) is 9.50 Å². The van der Waals surface area contributed by atoms with Gasteiger partial charge in [0.1, 0.15) is 5.82 Å². The highest BCUT2D eigenvalue weighted by Gasteiger charge is 2.33. The summed E-state index contributed by atoms with van der Waals surface area (Å²) in [7, 11) is -2.07. The van der Waals surface area contributed by atoms with Gasteiger partial charge in [0, 0.05) is 26.1 Å². The van der Waals surface area contributed by atoms with Crippen molar-refractivity contribution in [3.63, 3.8) is 0 Å². The van der Waals surface area contributed by atoms with Gasteiger partial charge in [0.05, 0.1) is 30.2 Å². The number of halogens is 3. The zero-order valence-electron chi connectivity index (χ0n) is 21.9. The Bertz CT molecular complexity index is 1230. The molecule has 0 aliphatic carbocycles. The second-order valence-electron chi connectivity index (χ2n) is 10.9. The number of alkyl halides is 3. The predicted octanol–water partition coefficient (Wildman–Crippen LogP) is 6.01. The molecule has 1 aliphatic rings. The maximum Gasteiger partial charge on any atom is 0.416 e. The topological polar surface area (TPSA) is 51.9 Å². The SMILES string of the molecule is Cc1c(Cc2c(CO[Si-](C)(C)C(C)(C)C)nc3ccc(N4CCOCC4)nn23)cccc1C(F)(F)F. The molecule has 0 saturated carbocycles. The largest absolute Gasteiger partial charge is 0.560 e. The van der Waals surface area contributed by atoms with Crippen molar-refractivity contribution in [3.8, 4) is 0 Å². The molecule has 2 aromatic heterocycles. The van der Waals surface area contributed by atoms with E-state index < -0.39 is 20.1 Å². The van der Waals surface area contributed by atoms with Crippen LogP contribution in [-0.4, -0.2) is 49.2 Å². The maximum absolute atomic E-state index is 13.6. The van der Waals surface area contributed by atoms with Crippen LogP contribution in [-0.2, 0) is 28.4 Å². The molecule has 0 bridgehead atoms. The number of morpholine rings is 1. The quantitative estimate of drug-likeness (QED) is 0.373. The van der Waals surface area contributed by atoms with E-state index in [0.717, 1.165) is 30.7 Å². The van der Waals surface area contributed by atoms with Gasteiger partial charge in [-0.1, -0.05) is 32.9 Å². The molecule has 1 aliphatic heterocycles. The molecular formula is C26H35F3N4O2Si-. The van der Waals surface area contributed by atoms with Crippen LogP contribution in [0.2, 0.25) is 18.1 Å². The van der Waals surface area contributed by atoms with Gasteiger partial charge in [-0.2, -0.15) is 13.2 Å². The predicted molar refractivity (Wildman–Crippen MR) is 137 cm³/mol. The summed E-state index contributed by atoms with van der Waals surface area (Å²) in [6, 6.07) is 8.19. The van der Waals surface area contributed by atoms with Crippen LogP contribution in [0.15, 0.2) is 30.3 Å². The number of hydrogen-bond acceptors (Lipinski definition) is 5. The fourth-order valence-corrected chi connectivity index (χ4v) is 5.03. The lowest BCUT2D eigenvalue weighted by Crippen LogP contribution is -2.40. The number of nitrogens with zero attached hydrogens (tertiary/aromatic N) is 4. The molecular weight excluding hydrogens is 485 g/mol. The van der Waals surface area contributed by atoms with E-state index >= 15 is 0 Å². The Balaban J connectivity index is 1.77. The average molecular weight is 521 g/mol. The highest BCUT2D eigenvalue weighted by Crippen LogP contribution is 2.38. The van der Waals surface area contributed by atoms with E-state index in [2.05, 4.69) is 38.8 Å². The van der Waals surface area contributed by atoms with Gasteiger partial charge in [0.2, 0.25) is 0 Å². The number of benzene rings is 1. The highest BCUT2D eigenvalue weighted by molar-refractivity contribution is 6.74. The average Bonchev–Trinajstić information content (AvgIpc) is 3.15. The lowest BCUT2D eigenvalue weighted by atomic mass is 9.98. The minimum Gasteiger partial charge on any atom is -0.560 e. The Morgan fingerprint density at radius 1 is 1.06 bits per heavy atom. The number of aromatic nitrogens is 3. The first-order valence-corrected chi connectivity index (χ1v) is 15.2. The van der Waals surface area contributed by atoms with Crippen molar-refractivity contribution in [1.82, 2.24) is 14.6 Å². The molecule has 36 heavy (non-hydrogen) atoms. The highest BCUT2D eigenvalue weighted by atomic mass is 28.4. The van der Waals surface area contributed by atoms with Crippen LogP contribution in [0.5, 0.6) is 0 Å². The van der Waals surface area contributed by atoms with Crippen molar-refractivity contribution in [3.05, 3.63) is 58.4 Å². The summed E-state index contributed by atoms with van der Waals surface area (Å²) < 4.78 is 54.5. The number of ether oxygens (including phenoxy) is 1. The Kier molecular flexibility index (Phi) is 7.24. The zero-order chi connectivity index (χ0) is 26.3. The zero-order valence-corrected chi connectivity index (χ0v) is 22.9. The van der Waals surface area contributed by atoms with E-state index in [1.165, 1.54) is 13.0 Å². The molecule has 0 unspecified atom stereocenters. The second-order valence-corrected chi connectivity index (χ2v) is 15.7. The fourth-order valence-electron chi connectivity index (χ4n) is 4.10. The molecule has 1 saturated heterocycles. The van der Waals surface area contributed by atoms with Crippen LogP contribution in [0.1, 0.15) is 48.8 Å². The van der Waals surface area contributed by atoms with Crippen molar-refractivity contribution >= 4 is 19.8 Å². The van der Waals surface area contributed by atoms with Crippen molar-refractivity contribution in [2.24, 2.45) is 0 Å². The minimum absolute atomic E-state index is 0.0195. The Morgan fingerprint density at radius 3 is 2.39 bits per heavy atom. The van der Waals surface area contributed by atoms with Gasteiger partial charge in [0.15, 0.2) is 5.65 Å². The van der Waals surface area contributed by atoms with Crippen LogP contribution in [0.3, 0.4) is 0 Å². The minimum atomic E-state index is -4.41. The van der Waals surface area contributed by atoms with Crippen LogP contribution < -0.4 is 4.90 Å². The van der Waals surface area contributed by atoms with Gasteiger partial charge in [-0.3, -0.25) is 0 Å². The smallest absolute Gasteiger partial charge is 0.416 e. The third-order valence-electron chi connectivity index (χ3n) is 7.46. The van der Waals surface area contributed by atoms with Crippen LogP contribution >= 0.6 is 0 Å². The molecule has 0 spiro atoms. The molecule has 1 aromatic carbocycles. The Hall–Kier alpha value is -2.43. The first kappa shape index (κ1) is 26.6. The van der Waals surface area contributed by atoms with Crippen molar-refractivity contribution in [1.29, 1.82) is 0 Å². The van der Waals surface area contributed by atoms with Crippen molar-refractivity contribution in [2.45, 2.75) is 65.0 Å². The molecule has 3 aromatic rings. The first-order chi connectivity index (χ1) is 16.8.